The van der Waals surface area contributed by atoms with Crippen molar-refractivity contribution in [2.24, 2.45) is 0 Å². The Labute approximate surface area is 125 Å². The Morgan fingerprint density at radius 3 is 2.90 bits per heavy atom. The van der Waals surface area contributed by atoms with Crippen molar-refractivity contribution in [3.05, 3.63) is 23.8 Å². The molecule has 0 fully saturated rings. The normalized spacial score (nSPS) is 14.6. The van der Waals surface area contributed by atoms with Crippen LogP contribution in [0.2, 0.25) is 0 Å². The van der Waals surface area contributed by atoms with E-state index < -0.39 is 0 Å². The minimum absolute atomic E-state index is 0.510. The lowest BCUT2D eigenvalue weighted by molar-refractivity contribution is 0.511. The Balaban J connectivity index is 1.90. The number of fused-ring (bicyclic) bond motifs is 1. The second-order valence-corrected chi connectivity index (χ2v) is 7.02. The summed E-state index contributed by atoms with van der Waals surface area (Å²) in [5, 5.41) is 5.11. The van der Waals surface area contributed by atoms with Gasteiger partial charge in [0.25, 0.3) is 0 Å². The third-order valence-electron chi connectivity index (χ3n) is 3.40. The van der Waals surface area contributed by atoms with Gasteiger partial charge in [0.2, 0.25) is 0 Å². The Morgan fingerprint density at radius 2 is 2.15 bits per heavy atom. The number of hydrogen-bond donors (Lipinski definition) is 2. The standard InChI is InChI=1S/C16H25N3S/c1-5-6-12(3)17-10-13(4)20-16-18-14-8-7-11(2)9-15(14)19-16/h7-9,12-13,17H,5-6,10H2,1-4H3,(H,18,19). The molecule has 0 saturated carbocycles. The number of imidazole rings is 1. The average Bonchev–Trinajstić information content (AvgIpc) is 2.78. The maximum absolute atomic E-state index is 4.64. The molecule has 0 amide bonds. The number of aromatic nitrogens is 2. The number of rotatable bonds is 7. The predicted octanol–water partition coefficient (Wildman–Crippen LogP) is 4.13. The molecule has 1 heterocycles. The fourth-order valence-corrected chi connectivity index (χ4v) is 3.17. The van der Waals surface area contributed by atoms with E-state index in [1.54, 1.807) is 11.8 Å². The summed E-state index contributed by atoms with van der Waals surface area (Å²) in [4.78, 5) is 8.04. The van der Waals surface area contributed by atoms with Crippen LogP contribution in [-0.4, -0.2) is 27.8 Å². The smallest absolute Gasteiger partial charge is 0.166 e. The van der Waals surface area contributed by atoms with E-state index in [2.05, 4.69) is 61.2 Å². The molecule has 1 aromatic carbocycles. The molecule has 3 nitrogen and oxygen atoms in total. The van der Waals surface area contributed by atoms with Gasteiger partial charge in [-0.1, -0.05) is 38.1 Å². The molecule has 2 aromatic rings. The van der Waals surface area contributed by atoms with Gasteiger partial charge in [0, 0.05) is 17.8 Å². The molecule has 2 unspecified atom stereocenters. The van der Waals surface area contributed by atoms with Crippen molar-refractivity contribution >= 4 is 22.8 Å². The van der Waals surface area contributed by atoms with Gasteiger partial charge in [-0.25, -0.2) is 4.98 Å². The fourth-order valence-electron chi connectivity index (χ4n) is 2.29. The summed E-state index contributed by atoms with van der Waals surface area (Å²) in [6.07, 6.45) is 2.47. The molecular weight excluding hydrogens is 266 g/mol. The summed E-state index contributed by atoms with van der Waals surface area (Å²) < 4.78 is 0. The largest absolute Gasteiger partial charge is 0.333 e. The van der Waals surface area contributed by atoms with E-state index in [1.165, 1.54) is 18.4 Å². The van der Waals surface area contributed by atoms with Crippen LogP contribution in [0.3, 0.4) is 0 Å². The monoisotopic (exact) mass is 291 g/mol. The van der Waals surface area contributed by atoms with E-state index in [9.17, 15) is 0 Å². The van der Waals surface area contributed by atoms with Gasteiger partial charge in [-0.2, -0.15) is 0 Å². The van der Waals surface area contributed by atoms with Gasteiger partial charge in [0.05, 0.1) is 11.0 Å². The summed E-state index contributed by atoms with van der Waals surface area (Å²) in [7, 11) is 0. The van der Waals surface area contributed by atoms with E-state index in [0.717, 1.165) is 22.7 Å². The molecule has 2 N–H and O–H groups in total. The number of hydrogen-bond acceptors (Lipinski definition) is 3. The molecule has 0 aliphatic carbocycles. The second-order valence-electron chi connectivity index (χ2n) is 5.59. The Morgan fingerprint density at radius 1 is 1.35 bits per heavy atom. The number of benzene rings is 1. The quantitative estimate of drug-likeness (QED) is 0.754. The zero-order valence-electron chi connectivity index (χ0n) is 12.9. The number of H-pyrrole nitrogens is 1. The van der Waals surface area contributed by atoms with Crippen LogP contribution in [0, 0.1) is 6.92 Å². The molecular formula is C16H25N3S. The van der Waals surface area contributed by atoms with Crippen molar-refractivity contribution in [3.8, 4) is 0 Å². The van der Waals surface area contributed by atoms with Crippen LogP contribution < -0.4 is 5.32 Å². The number of thioether (sulfide) groups is 1. The predicted molar refractivity (Wildman–Crippen MR) is 88.5 cm³/mol. The van der Waals surface area contributed by atoms with Crippen molar-refractivity contribution in [1.29, 1.82) is 0 Å². The van der Waals surface area contributed by atoms with Crippen LogP contribution in [0.4, 0.5) is 0 Å². The van der Waals surface area contributed by atoms with Gasteiger partial charge in [-0.15, -0.1) is 0 Å². The fraction of sp³-hybridized carbons (Fsp3) is 0.562. The summed E-state index contributed by atoms with van der Waals surface area (Å²) in [5.74, 6) is 0. The third kappa shape index (κ3) is 4.25. The zero-order chi connectivity index (χ0) is 14.5. The first-order valence-corrected chi connectivity index (χ1v) is 8.33. The van der Waals surface area contributed by atoms with Crippen molar-refractivity contribution in [1.82, 2.24) is 15.3 Å². The third-order valence-corrected chi connectivity index (χ3v) is 4.39. The summed E-state index contributed by atoms with van der Waals surface area (Å²) in [6.45, 7) is 9.85. The van der Waals surface area contributed by atoms with E-state index in [-0.39, 0.29) is 0 Å². The molecule has 4 heteroatoms. The minimum atomic E-state index is 0.510. The molecule has 2 atom stereocenters. The zero-order valence-corrected chi connectivity index (χ0v) is 13.7. The van der Waals surface area contributed by atoms with Crippen LogP contribution in [0.5, 0.6) is 0 Å². The first kappa shape index (κ1) is 15.4. The topological polar surface area (TPSA) is 40.7 Å². The van der Waals surface area contributed by atoms with E-state index in [1.807, 2.05) is 0 Å². The van der Waals surface area contributed by atoms with Gasteiger partial charge in [-0.3, -0.25) is 0 Å². The lowest BCUT2D eigenvalue weighted by Crippen LogP contribution is -2.31. The summed E-state index contributed by atoms with van der Waals surface area (Å²) in [5.41, 5.74) is 3.45. The highest BCUT2D eigenvalue weighted by molar-refractivity contribution is 7.99. The van der Waals surface area contributed by atoms with E-state index in [0.29, 0.717) is 11.3 Å². The van der Waals surface area contributed by atoms with Gasteiger partial charge >= 0.3 is 0 Å². The van der Waals surface area contributed by atoms with Crippen LogP contribution >= 0.6 is 11.8 Å². The average molecular weight is 291 g/mol. The Bertz CT molecular complexity index is 550. The molecule has 2 rings (SSSR count). The van der Waals surface area contributed by atoms with E-state index >= 15 is 0 Å². The Kier molecular flexibility index (Phi) is 5.49. The molecule has 0 spiro atoms. The molecule has 110 valence electrons. The molecule has 0 aliphatic rings. The second kappa shape index (κ2) is 7.14. The molecule has 0 aliphatic heterocycles. The number of aromatic amines is 1. The van der Waals surface area contributed by atoms with Crippen LogP contribution in [0.25, 0.3) is 11.0 Å². The molecule has 20 heavy (non-hydrogen) atoms. The first-order chi connectivity index (χ1) is 9.58. The van der Waals surface area contributed by atoms with Crippen molar-refractivity contribution in [3.63, 3.8) is 0 Å². The highest BCUT2D eigenvalue weighted by Crippen LogP contribution is 2.23. The van der Waals surface area contributed by atoms with Gasteiger partial charge in [-0.05, 0) is 38.0 Å². The number of nitrogens with one attached hydrogen (secondary N) is 2. The number of nitrogens with zero attached hydrogens (tertiary/aromatic N) is 1. The van der Waals surface area contributed by atoms with Crippen molar-refractivity contribution in [2.75, 3.05) is 6.54 Å². The molecule has 0 saturated heterocycles. The Hall–Kier alpha value is -1.00. The van der Waals surface area contributed by atoms with Gasteiger partial charge in [0.1, 0.15) is 0 Å². The lowest BCUT2D eigenvalue weighted by Gasteiger charge is -2.16. The van der Waals surface area contributed by atoms with Crippen molar-refractivity contribution < 1.29 is 0 Å². The van der Waals surface area contributed by atoms with E-state index in [4.69, 9.17) is 0 Å². The highest BCUT2D eigenvalue weighted by Gasteiger charge is 2.10. The minimum Gasteiger partial charge on any atom is -0.333 e. The molecule has 0 bridgehead atoms. The van der Waals surface area contributed by atoms with Crippen LogP contribution in [0.15, 0.2) is 23.4 Å². The molecule has 0 radical (unpaired) electrons. The highest BCUT2D eigenvalue weighted by atomic mass is 32.2. The number of aryl methyl sites for hydroxylation is 1. The summed E-state index contributed by atoms with van der Waals surface area (Å²) in [6, 6.07) is 6.94. The van der Waals surface area contributed by atoms with Gasteiger partial charge in [0.15, 0.2) is 5.16 Å². The van der Waals surface area contributed by atoms with Crippen molar-refractivity contribution in [2.45, 2.75) is 57.0 Å². The van der Waals surface area contributed by atoms with Gasteiger partial charge < -0.3 is 10.3 Å². The SMILES string of the molecule is CCCC(C)NCC(C)Sc1nc2ccc(C)cc2[nH]1. The lowest BCUT2D eigenvalue weighted by atomic mass is 10.2. The summed E-state index contributed by atoms with van der Waals surface area (Å²) >= 11 is 1.81. The van der Waals surface area contributed by atoms with Crippen LogP contribution in [0.1, 0.15) is 39.2 Å². The maximum Gasteiger partial charge on any atom is 0.166 e. The van der Waals surface area contributed by atoms with Crippen LogP contribution in [-0.2, 0) is 0 Å². The first-order valence-electron chi connectivity index (χ1n) is 7.45. The maximum atomic E-state index is 4.64. The molecule has 1 aromatic heterocycles.